The van der Waals surface area contributed by atoms with Gasteiger partial charge in [0.2, 0.25) is 17.7 Å². The summed E-state index contributed by atoms with van der Waals surface area (Å²) in [5.41, 5.74) is 2.64. The van der Waals surface area contributed by atoms with Crippen molar-refractivity contribution in [3.63, 3.8) is 0 Å². The first-order valence-electron chi connectivity index (χ1n) is 24.0. The first-order chi connectivity index (χ1) is 35.3. The maximum atomic E-state index is 14.1. The maximum Gasteiger partial charge on any atom is 0.417 e. The van der Waals surface area contributed by atoms with Crippen molar-refractivity contribution >= 4 is 63.7 Å². The molecule has 21 heteroatoms. The number of nitrogens with one attached hydrogen (secondary N) is 2. The Kier molecular flexibility index (Phi) is 16.8. The second-order valence-electron chi connectivity index (χ2n) is 20.1. The van der Waals surface area contributed by atoms with Gasteiger partial charge < -0.3 is 45.2 Å². The van der Waals surface area contributed by atoms with E-state index < -0.39 is 102 Å². The fourth-order valence-corrected chi connectivity index (χ4v) is 10.2. The van der Waals surface area contributed by atoms with Gasteiger partial charge in [0.1, 0.15) is 48.8 Å². The molecule has 0 aliphatic carbocycles. The number of nitrogens with zero attached hydrogens (tertiary/aromatic N) is 5. The highest BCUT2D eigenvalue weighted by Gasteiger charge is 2.51. The second-order valence-corrected chi connectivity index (χ2v) is 21.3. The van der Waals surface area contributed by atoms with E-state index in [0.717, 1.165) is 49.9 Å². The lowest BCUT2D eigenvalue weighted by atomic mass is 9.85. The van der Waals surface area contributed by atoms with Crippen molar-refractivity contribution in [2.45, 2.75) is 103 Å². The number of hydrogen-bond donors (Lipinski definition) is 5. The molecule has 1 aromatic heterocycles. The molecule has 75 heavy (non-hydrogen) atoms. The molecule has 0 radical (unpaired) electrons. The molecule has 7 rings (SSSR count). The van der Waals surface area contributed by atoms with Gasteiger partial charge in [0.15, 0.2) is 5.11 Å². The zero-order valence-corrected chi connectivity index (χ0v) is 43.8. The van der Waals surface area contributed by atoms with Crippen molar-refractivity contribution < 1.29 is 57.1 Å². The molecular formula is C54H58F3N7O9S2. The zero-order chi connectivity index (χ0) is 54.7. The van der Waals surface area contributed by atoms with Crippen LogP contribution in [0.2, 0.25) is 0 Å². The van der Waals surface area contributed by atoms with Crippen LogP contribution in [-0.4, -0.2) is 116 Å². The van der Waals surface area contributed by atoms with Crippen LogP contribution in [0.25, 0.3) is 21.6 Å². The smallest absolute Gasteiger partial charge is 0.417 e. The number of halogens is 3. The number of alkyl halides is 3. The van der Waals surface area contributed by atoms with E-state index in [2.05, 4.69) is 15.6 Å². The van der Waals surface area contributed by atoms with Crippen molar-refractivity contribution in [1.29, 1.82) is 5.26 Å². The highest BCUT2D eigenvalue weighted by atomic mass is 32.1. The SMILES string of the molecule is Cc1ncsc1-c1ccc([C@H](C)NC(=O)[C@@H]2C[C@@H](O)CN2C(=O)[C@@H](NC(=O)COC[C@H](O)[C@@H](O)COc2ccc(-c3ccc(N4C(=S)N(c5ccc(C#N)c(C(F)(F)F)c5)C(=O)C4(C)C)cc3)cc2)C(C)(C)C)cc1. The van der Waals surface area contributed by atoms with Crippen LogP contribution in [0.15, 0.2) is 96.5 Å². The molecule has 396 valence electrons. The standard InChI is InChI=1S/C54H58F3N7O9S2/c1-30(32-8-10-35(11-9-32)46-31(2)59-29-75-46)60-48(69)42-23-39(65)25-62(42)49(70)47(52(3,4)5)61-45(68)28-72-26-43(66)44(67)27-73-40-20-15-34(16-21-40)33-12-17-37(18-13-33)64-51(74)63(50(71)53(64,6)7)38-19-14-36(24-58)41(22-38)54(55,56)57/h8-22,29-30,39,42-44,47,65-67H,23,25-28H2,1-7H3,(H,60,69)(H,61,68)/t30-,39+,42-,43-,44-,47+/m0/s1. The summed E-state index contributed by atoms with van der Waals surface area (Å²) >= 11 is 7.20. The molecule has 2 aliphatic heterocycles. The predicted molar refractivity (Wildman–Crippen MR) is 279 cm³/mol. The molecule has 0 unspecified atom stereocenters. The summed E-state index contributed by atoms with van der Waals surface area (Å²) in [5, 5.41) is 46.8. The van der Waals surface area contributed by atoms with Crippen LogP contribution in [-0.2, 0) is 30.1 Å². The summed E-state index contributed by atoms with van der Waals surface area (Å²) in [5.74, 6) is -1.87. The third kappa shape index (κ3) is 12.5. The minimum atomic E-state index is -4.83. The number of aryl methyl sites for hydroxylation is 1. The van der Waals surface area contributed by atoms with Gasteiger partial charge in [0, 0.05) is 18.7 Å². The van der Waals surface area contributed by atoms with E-state index in [-0.39, 0.29) is 30.4 Å². The van der Waals surface area contributed by atoms with Gasteiger partial charge in [-0.25, -0.2) is 4.98 Å². The van der Waals surface area contributed by atoms with Crippen LogP contribution in [0.4, 0.5) is 24.5 Å². The summed E-state index contributed by atoms with van der Waals surface area (Å²) in [7, 11) is 0. The van der Waals surface area contributed by atoms with Crippen molar-refractivity contribution in [2.75, 3.05) is 36.2 Å². The molecule has 0 saturated carbocycles. The first-order valence-corrected chi connectivity index (χ1v) is 25.2. The minimum absolute atomic E-state index is 0.0160. The van der Waals surface area contributed by atoms with Gasteiger partial charge in [0.25, 0.3) is 5.91 Å². The fourth-order valence-electron chi connectivity index (χ4n) is 8.90. The molecule has 5 N–H and O–H groups in total. The number of carbonyl (C=O) groups excluding carboxylic acids is 4. The molecule has 16 nitrogen and oxygen atoms in total. The summed E-state index contributed by atoms with van der Waals surface area (Å²) in [4.78, 5) is 63.8. The van der Waals surface area contributed by atoms with Crippen molar-refractivity contribution in [2.24, 2.45) is 5.41 Å². The summed E-state index contributed by atoms with van der Waals surface area (Å²) < 4.78 is 52.5. The number of nitriles is 1. The maximum absolute atomic E-state index is 14.1. The number of carbonyl (C=O) groups is 4. The quantitative estimate of drug-likeness (QED) is 0.0589. The number of hydrogen-bond acceptors (Lipinski definition) is 13. The Morgan fingerprint density at radius 1 is 0.920 bits per heavy atom. The molecule has 2 saturated heterocycles. The number of amides is 4. The third-order valence-corrected chi connectivity index (χ3v) is 14.5. The van der Waals surface area contributed by atoms with Crippen molar-refractivity contribution in [3.05, 3.63) is 119 Å². The molecule has 2 fully saturated rings. The van der Waals surface area contributed by atoms with Crippen molar-refractivity contribution in [3.8, 4) is 33.4 Å². The summed E-state index contributed by atoms with van der Waals surface area (Å²) in [6.07, 6.45) is -8.65. The Morgan fingerprint density at radius 2 is 1.52 bits per heavy atom. The van der Waals surface area contributed by atoms with E-state index in [4.69, 9.17) is 21.7 Å². The third-order valence-electron chi connectivity index (χ3n) is 13.1. The zero-order valence-electron chi connectivity index (χ0n) is 42.2. The number of rotatable bonds is 17. The molecule has 5 aromatic rings. The molecule has 2 aliphatic rings. The van der Waals surface area contributed by atoms with E-state index in [1.165, 1.54) is 17.0 Å². The van der Waals surface area contributed by atoms with Crippen LogP contribution in [0.5, 0.6) is 5.75 Å². The first kappa shape index (κ1) is 55.9. The minimum Gasteiger partial charge on any atom is -0.491 e. The fraction of sp³-hybridized carbons (Fsp3) is 0.389. The number of thiocarbonyl (C=S) groups is 1. The normalized spacial score (nSPS) is 18.3. The number of aliphatic hydroxyl groups excluding tert-OH is 3. The highest BCUT2D eigenvalue weighted by molar-refractivity contribution is 7.81. The molecule has 0 spiro atoms. The molecule has 4 amide bonds. The Morgan fingerprint density at radius 3 is 2.11 bits per heavy atom. The van der Waals surface area contributed by atoms with Crippen LogP contribution in [0, 0.1) is 23.7 Å². The Bertz CT molecular complexity index is 2960. The van der Waals surface area contributed by atoms with Gasteiger partial charge in [-0.3, -0.25) is 24.1 Å². The van der Waals surface area contributed by atoms with Crippen LogP contribution < -0.4 is 25.2 Å². The number of aromatic nitrogens is 1. The summed E-state index contributed by atoms with van der Waals surface area (Å²) in [6.45, 7) is 10.8. The van der Waals surface area contributed by atoms with E-state index in [1.54, 1.807) is 105 Å². The average molecular weight is 1070 g/mol. The Hall–Kier alpha value is -6.80. The largest absolute Gasteiger partial charge is 0.491 e. The number of anilines is 2. The van der Waals surface area contributed by atoms with Gasteiger partial charge in [-0.2, -0.15) is 18.4 Å². The lowest BCUT2D eigenvalue weighted by molar-refractivity contribution is -0.145. The average Bonchev–Trinajstić information content (AvgIpc) is 4.03. The number of aliphatic hydroxyl groups is 3. The highest BCUT2D eigenvalue weighted by Crippen LogP contribution is 2.40. The van der Waals surface area contributed by atoms with Crippen LogP contribution in [0.3, 0.4) is 0 Å². The molecule has 6 atom stereocenters. The Balaban J connectivity index is 0.877. The number of likely N-dealkylation sites (tertiary alicyclic amines) is 1. The number of thiazole rings is 1. The number of benzene rings is 4. The van der Waals surface area contributed by atoms with E-state index in [1.807, 2.05) is 38.1 Å². The number of β-amino-alcohol motifs (C(OH)–C–C–N with tert-alkyl or cyclic N) is 1. The molecule has 4 aromatic carbocycles. The van der Waals surface area contributed by atoms with Crippen LogP contribution >= 0.6 is 23.6 Å². The predicted octanol–water partition coefficient (Wildman–Crippen LogP) is 7.08. The van der Waals surface area contributed by atoms with Gasteiger partial charge in [0.05, 0.1) is 57.7 Å². The monoisotopic (exact) mass is 1070 g/mol. The molecule has 3 heterocycles. The van der Waals surface area contributed by atoms with Gasteiger partial charge in [-0.15, -0.1) is 11.3 Å². The summed E-state index contributed by atoms with van der Waals surface area (Å²) in [6, 6.07) is 23.6. The molecular weight excluding hydrogens is 1010 g/mol. The van der Waals surface area contributed by atoms with Gasteiger partial charge >= 0.3 is 6.18 Å². The lowest BCUT2D eigenvalue weighted by Gasteiger charge is -2.35. The number of ether oxygens (including phenoxy) is 2. The topological polar surface area (TPSA) is 218 Å². The van der Waals surface area contributed by atoms with Gasteiger partial charge in [-0.05, 0) is 110 Å². The van der Waals surface area contributed by atoms with E-state index in [0.29, 0.717) is 11.4 Å². The Labute approximate surface area is 441 Å². The van der Waals surface area contributed by atoms with Crippen LogP contribution in [0.1, 0.15) is 76.4 Å². The lowest BCUT2D eigenvalue weighted by Crippen LogP contribution is -2.58. The van der Waals surface area contributed by atoms with E-state index in [9.17, 15) is 52.9 Å². The van der Waals surface area contributed by atoms with Crippen molar-refractivity contribution in [1.82, 2.24) is 20.5 Å². The van der Waals surface area contributed by atoms with E-state index >= 15 is 0 Å². The van der Waals surface area contributed by atoms with Gasteiger partial charge in [-0.1, -0.05) is 69.3 Å². The molecule has 0 bridgehead atoms. The second kappa shape index (κ2) is 22.6.